The van der Waals surface area contributed by atoms with Crippen molar-refractivity contribution in [1.82, 2.24) is 14.8 Å². The van der Waals surface area contributed by atoms with E-state index in [0.717, 1.165) is 61.8 Å². The maximum Gasteiger partial charge on any atom is 0.341 e. The molecule has 1 aromatic carbocycles. The zero-order valence-electron chi connectivity index (χ0n) is 22.9. The minimum atomic E-state index is -0.361. The zero-order chi connectivity index (χ0) is 27.9. The van der Waals surface area contributed by atoms with Crippen molar-refractivity contribution in [2.75, 3.05) is 17.7 Å². The number of thiophene rings is 1. The van der Waals surface area contributed by atoms with Crippen molar-refractivity contribution in [3.05, 3.63) is 52.9 Å². The highest BCUT2D eigenvalue weighted by atomic mass is 32.2. The Morgan fingerprint density at radius 3 is 2.65 bits per heavy atom. The van der Waals surface area contributed by atoms with Gasteiger partial charge in [-0.25, -0.2) is 4.79 Å². The third-order valence-electron chi connectivity index (χ3n) is 7.23. The monoisotopic (exact) mass is 580 g/mol. The van der Waals surface area contributed by atoms with Crippen LogP contribution in [0, 0.1) is 0 Å². The number of aryl methyl sites for hydroxylation is 1. The van der Waals surface area contributed by atoms with E-state index in [2.05, 4.69) is 22.1 Å². The molecule has 8 nitrogen and oxygen atoms in total. The highest BCUT2D eigenvalue weighted by molar-refractivity contribution is 7.99. The van der Waals surface area contributed by atoms with Crippen LogP contribution in [0.25, 0.3) is 11.4 Å². The number of anilines is 1. The number of rotatable bonds is 11. The van der Waals surface area contributed by atoms with E-state index in [9.17, 15) is 9.59 Å². The van der Waals surface area contributed by atoms with Gasteiger partial charge in [0.25, 0.3) is 0 Å². The molecule has 0 bridgehead atoms. The molecule has 5 rings (SSSR count). The van der Waals surface area contributed by atoms with Crippen molar-refractivity contribution < 1.29 is 19.1 Å². The average molecular weight is 581 g/mol. The normalized spacial score (nSPS) is 15.3. The van der Waals surface area contributed by atoms with E-state index >= 15 is 0 Å². The number of amides is 1. The molecule has 2 heterocycles. The van der Waals surface area contributed by atoms with Gasteiger partial charge in [-0.15, -0.1) is 28.1 Å². The molecule has 0 atom stereocenters. The van der Waals surface area contributed by atoms with Crippen LogP contribution in [0.1, 0.15) is 72.7 Å². The molecular weight excluding hydrogens is 544 g/mol. The molecule has 3 aromatic rings. The number of allylic oxidation sites excluding steroid dienone is 1. The van der Waals surface area contributed by atoms with Crippen LogP contribution < -0.4 is 10.1 Å². The van der Waals surface area contributed by atoms with Crippen molar-refractivity contribution in [2.45, 2.75) is 82.5 Å². The molecule has 2 aliphatic rings. The van der Waals surface area contributed by atoms with Gasteiger partial charge in [-0.2, -0.15) is 0 Å². The van der Waals surface area contributed by atoms with Crippen molar-refractivity contribution in [3.8, 4) is 17.1 Å². The second-order valence-electron chi connectivity index (χ2n) is 10.1. The summed E-state index contributed by atoms with van der Waals surface area (Å²) < 4.78 is 13.4. The Bertz CT molecular complexity index is 1340. The predicted octanol–water partition coefficient (Wildman–Crippen LogP) is 6.69. The lowest BCUT2D eigenvalue weighted by Gasteiger charge is -2.13. The summed E-state index contributed by atoms with van der Waals surface area (Å²) in [5.74, 6) is 1.15. The Kier molecular flexibility index (Phi) is 9.59. The van der Waals surface area contributed by atoms with Crippen molar-refractivity contribution in [1.29, 1.82) is 0 Å². The molecule has 2 aliphatic carbocycles. The van der Waals surface area contributed by atoms with Crippen LogP contribution in [0.4, 0.5) is 5.00 Å². The molecule has 2 aromatic heterocycles. The fourth-order valence-corrected chi connectivity index (χ4v) is 7.37. The Morgan fingerprint density at radius 1 is 1.12 bits per heavy atom. The van der Waals surface area contributed by atoms with Crippen LogP contribution in [-0.2, 0) is 28.9 Å². The van der Waals surface area contributed by atoms with Crippen LogP contribution in [0.2, 0.25) is 0 Å². The third kappa shape index (κ3) is 6.61. The molecular formula is C30H36N4O4S2. The lowest BCUT2D eigenvalue weighted by atomic mass is 10.1. The molecule has 1 amide bonds. The molecule has 0 saturated heterocycles. The Hall–Kier alpha value is -3.11. The smallest absolute Gasteiger partial charge is 0.341 e. The first-order valence-corrected chi connectivity index (χ1v) is 15.9. The Labute approximate surface area is 243 Å². The van der Waals surface area contributed by atoms with Gasteiger partial charge in [0.2, 0.25) is 5.91 Å². The second kappa shape index (κ2) is 13.5. The molecule has 1 fully saturated rings. The quantitative estimate of drug-likeness (QED) is 0.117. The standard InChI is InChI=1S/C30H36N4O4S2/c1-3-18-34-27(20-14-16-22(17-15-20)38-21-10-8-9-11-21)32-33-30(34)39-19-25(35)31-28-26(29(36)37-4-2)23-12-6-5-7-13-24(23)40-28/h3,14-17,21H,1,4-13,18-19H2,2H3,(H,31,35). The number of nitrogens with one attached hydrogen (secondary N) is 1. The fourth-order valence-electron chi connectivity index (χ4n) is 5.33. The first-order chi connectivity index (χ1) is 19.6. The number of hydrogen-bond acceptors (Lipinski definition) is 8. The summed E-state index contributed by atoms with van der Waals surface area (Å²) >= 11 is 2.81. The lowest BCUT2D eigenvalue weighted by molar-refractivity contribution is -0.113. The minimum Gasteiger partial charge on any atom is -0.490 e. The topological polar surface area (TPSA) is 95.3 Å². The summed E-state index contributed by atoms with van der Waals surface area (Å²) in [5, 5.41) is 13.0. The van der Waals surface area contributed by atoms with E-state index in [0.29, 0.717) is 40.8 Å². The van der Waals surface area contributed by atoms with Gasteiger partial charge in [0.15, 0.2) is 11.0 Å². The van der Waals surface area contributed by atoms with Gasteiger partial charge in [-0.1, -0.05) is 24.3 Å². The number of fused-ring (bicyclic) bond motifs is 1. The molecule has 1 saturated carbocycles. The molecule has 1 N–H and O–H groups in total. The van der Waals surface area contributed by atoms with Crippen molar-refractivity contribution in [2.24, 2.45) is 0 Å². The number of benzene rings is 1. The first kappa shape index (κ1) is 28.4. The van der Waals surface area contributed by atoms with E-state index in [-0.39, 0.29) is 17.6 Å². The number of carbonyl (C=O) groups excluding carboxylic acids is 2. The number of thioether (sulfide) groups is 1. The summed E-state index contributed by atoms with van der Waals surface area (Å²) in [7, 11) is 0. The molecule has 10 heteroatoms. The van der Waals surface area contributed by atoms with Gasteiger partial charge in [-0.05, 0) is 88.1 Å². The van der Waals surface area contributed by atoms with Crippen LogP contribution in [0.5, 0.6) is 5.75 Å². The number of esters is 1. The molecule has 40 heavy (non-hydrogen) atoms. The fraction of sp³-hybridized carbons (Fsp3) is 0.467. The lowest BCUT2D eigenvalue weighted by Crippen LogP contribution is -2.17. The van der Waals surface area contributed by atoms with Gasteiger partial charge >= 0.3 is 5.97 Å². The van der Waals surface area contributed by atoms with Crippen LogP contribution in [0.3, 0.4) is 0 Å². The van der Waals surface area contributed by atoms with Gasteiger partial charge in [-0.3, -0.25) is 9.36 Å². The Balaban J connectivity index is 1.27. The largest absolute Gasteiger partial charge is 0.490 e. The number of carbonyl (C=O) groups is 2. The highest BCUT2D eigenvalue weighted by Crippen LogP contribution is 2.38. The summed E-state index contributed by atoms with van der Waals surface area (Å²) in [5.41, 5.74) is 2.49. The number of aromatic nitrogens is 3. The highest BCUT2D eigenvalue weighted by Gasteiger charge is 2.27. The molecule has 212 valence electrons. The summed E-state index contributed by atoms with van der Waals surface area (Å²) in [6, 6.07) is 7.94. The Morgan fingerprint density at radius 2 is 1.90 bits per heavy atom. The van der Waals surface area contributed by atoms with E-state index in [1.807, 2.05) is 28.8 Å². The predicted molar refractivity (Wildman–Crippen MR) is 159 cm³/mol. The van der Waals surface area contributed by atoms with Crippen LogP contribution >= 0.6 is 23.1 Å². The second-order valence-corrected chi connectivity index (χ2v) is 12.1. The van der Waals surface area contributed by atoms with Gasteiger partial charge in [0.05, 0.1) is 24.0 Å². The minimum absolute atomic E-state index is 0.133. The zero-order valence-corrected chi connectivity index (χ0v) is 24.6. The molecule has 0 spiro atoms. The van der Waals surface area contributed by atoms with Gasteiger partial charge in [0.1, 0.15) is 10.8 Å². The summed E-state index contributed by atoms with van der Waals surface area (Å²) in [4.78, 5) is 27.1. The number of nitrogens with zero attached hydrogens (tertiary/aromatic N) is 3. The van der Waals surface area contributed by atoms with E-state index in [1.165, 1.54) is 40.8 Å². The summed E-state index contributed by atoms with van der Waals surface area (Å²) in [6.45, 7) is 6.49. The van der Waals surface area contributed by atoms with Gasteiger partial charge in [0, 0.05) is 17.0 Å². The van der Waals surface area contributed by atoms with Crippen molar-refractivity contribution in [3.63, 3.8) is 0 Å². The number of ether oxygens (including phenoxy) is 2. The maximum absolute atomic E-state index is 13.1. The average Bonchev–Trinajstić information content (AvgIpc) is 3.64. The van der Waals surface area contributed by atoms with E-state index in [4.69, 9.17) is 9.47 Å². The first-order valence-electron chi connectivity index (χ1n) is 14.1. The summed E-state index contributed by atoms with van der Waals surface area (Å²) in [6.07, 6.45) is 11.8. The molecule has 0 aliphatic heterocycles. The molecule has 0 unspecified atom stereocenters. The van der Waals surface area contributed by atoms with Crippen molar-refractivity contribution >= 4 is 40.0 Å². The van der Waals surface area contributed by atoms with E-state index in [1.54, 1.807) is 13.0 Å². The van der Waals surface area contributed by atoms with Crippen LogP contribution in [0.15, 0.2) is 42.1 Å². The molecule has 0 radical (unpaired) electrons. The van der Waals surface area contributed by atoms with Gasteiger partial charge < -0.3 is 14.8 Å². The SMILES string of the molecule is C=CCn1c(SCC(=O)Nc2sc3c(c2C(=O)OCC)CCCCC3)nnc1-c1ccc(OC2CCCC2)cc1. The number of hydrogen-bond donors (Lipinski definition) is 1. The van der Waals surface area contributed by atoms with E-state index < -0.39 is 0 Å². The third-order valence-corrected chi connectivity index (χ3v) is 9.41. The van der Waals surface area contributed by atoms with Crippen LogP contribution in [-0.4, -0.2) is 45.1 Å². The maximum atomic E-state index is 13.1.